The Bertz CT molecular complexity index is 1660. The van der Waals surface area contributed by atoms with Gasteiger partial charge in [-0.05, 0) is 79.2 Å². The highest BCUT2D eigenvalue weighted by molar-refractivity contribution is 6.56. The monoisotopic (exact) mass is 564 g/mol. The highest BCUT2D eigenvalue weighted by Gasteiger charge is 2.52. The van der Waals surface area contributed by atoms with Gasteiger partial charge in [0.1, 0.15) is 12.3 Å². The molecule has 0 saturated carbocycles. The van der Waals surface area contributed by atoms with E-state index in [1.165, 1.54) is 11.1 Å². The molecule has 1 aliphatic carbocycles. The number of ether oxygens (including phenoxy) is 1. The molecule has 0 spiro atoms. The molecule has 6 rings (SSSR count). The molecule has 2 heterocycles. The van der Waals surface area contributed by atoms with Crippen molar-refractivity contribution in [2.45, 2.75) is 44.8 Å². The van der Waals surface area contributed by atoms with Crippen LogP contribution >= 0.6 is 0 Å². The summed E-state index contributed by atoms with van der Waals surface area (Å²) in [5.74, 6) is -1.06. The van der Waals surface area contributed by atoms with Crippen LogP contribution in [-0.2, 0) is 14.0 Å². The van der Waals surface area contributed by atoms with Crippen LogP contribution in [0, 0.1) is 0 Å². The topological polar surface area (TPSA) is 110 Å². The van der Waals surface area contributed by atoms with Gasteiger partial charge in [0.25, 0.3) is 0 Å². The van der Waals surface area contributed by atoms with Crippen molar-refractivity contribution in [2.75, 3.05) is 13.2 Å². The Morgan fingerprint density at radius 2 is 1.57 bits per heavy atom. The van der Waals surface area contributed by atoms with Crippen molar-refractivity contribution in [1.29, 1.82) is 0 Å². The number of H-pyrrole nitrogens is 1. The van der Waals surface area contributed by atoms with Crippen LogP contribution in [-0.4, -0.2) is 53.6 Å². The van der Waals surface area contributed by atoms with Crippen molar-refractivity contribution < 1.29 is 28.7 Å². The molecule has 0 unspecified atom stereocenters. The van der Waals surface area contributed by atoms with E-state index >= 15 is 0 Å². The third-order valence-corrected chi connectivity index (χ3v) is 8.56. The first kappa shape index (κ1) is 27.8. The second-order valence-electron chi connectivity index (χ2n) is 11.8. The zero-order valence-corrected chi connectivity index (χ0v) is 24.1. The van der Waals surface area contributed by atoms with Crippen LogP contribution in [0.1, 0.15) is 60.8 Å². The minimum atomic E-state index is -1.02. The van der Waals surface area contributed by atoms with E-state index in [2.05, 4.69) is 34.6 Å². The number of nitrogens with one attached hydrogen (secondary N) is 2. The second kappa shape index (κ2) is 10.5. The van der Waals surface area contributed by atoms with E-state index in [1.807, 2.05) is 76.2 Å². The maximum atomic E-state index is 13.0. The smallest absolute Gasteiger partial charge is 0.477 e. The molecule has 3 aromatic carbocycles. The van der Waals surface area contributed by atoms with Gasteiger partial charge >= 0.3 is 19.2 Å². The molecule has 9 heteroatoms. The summed E-state index contributed by atoms with van der Waals surface area (Å²) in [6.07, 6.45) is 1.37. The van der Waals surface area contributed by atoms with E-state index in [9.17, 15) is 14.7 Å². The van der Waals surface area contributed by atoms with Crippen LogP contribution < -0.4 is 5.32 Å². The first-order chi connectivity index (χ1) is 20.0. The van der Waals surface area contributed by atoms with Gasteiger partial charge in [0.2, 0.25) is 0 Å². The minimum absolute atomic E-state index is 0.0370. The third kappa shape index (κ3) is 5.10. The van der Waals surface area contributed by atoms with Gasteiger partial charge < -0.3 is 29.5 Å². The molecule has 1 fully saturated rings. The average Bonchev–Trinajstić information content (AvgIpc) is 3.59. The van der Waals surface area contributed by atoms with Gasteiger partial charge in [0.15, 0.2) is 0 Å². The van der Waals surface area contributed by atoms with E-state index in [1.54, 1.807) is 6.07 Å². The van der Waals surface area contributed by atoms with Crippen molar-refractivity contribution >= 4 is 36.2 Å². The first-order valence-corrected chi connectivity index (χ1v) is 14.0. The summed E-state index contributed by atoms with van der Waals surface area (Å²) in [5.41, 5.74) is 5.86. The zero-order chi connectivity index (χ0) is 29.6. The molecule has 0 bridgehead atoms. The molecule has 42 heavy (non-hydrogen) atoms. The third-order valence-electron chi connectivity index (χ3n) is 8.56. The fourth-order valence-corrected chi connectivity index (χ4v) is 5.59. The summed E-state index contributed by atoms with van der Waals surface area (Å²) in [5, 5.41) is 13.0. The number of carbonyl (C=O) groups excluding carboxylic acids is 1. The van der Waals surface area contributed by atoms with Crippen LogP contribution in [0.5, 0.6) is 0 Å². The Balaban J connectivity index is 1.20. The van der Waals surface area contributed by atoms with Crippen LogP contribution in [0.4, 0.5) is 4.79 Å². The van der Waals surface area contributed by atoms with E-state index in [0.717, 1.165) is 27.6 Å². The Kier molecular flexibility index (Phi) is 6.95. The zero-order valence-electron chi connectivity index (χ0n) is 24.1. The standard InChI is InChI=1S/C33H33BN2O6/c1-32(2)33(3,4)42-34(41-32)22(16-20-13-14-28-21(15-20)17-29(36-28)30(37)38)18-35-31(39)40-19-27-25-11-7-5-9-23(25)24-10-6-8-12-26(24)27/h5-17,27,36H,18-19H2,1-4H3,(H,35,39)(H,37,38). The van der Waals surface area contributed by atoms with Crippen LogP contribution in [0.3, 0.4) is 0 Å². The molecule has 1 aliphatic heterocycles. The summed E-state index contributed by atoms with van der Waals surface area (Å²) >= 11 is 0. The van der Waals surface area contributed by atoms with E-state index in [0.29, 0.717) is 5.47 Å². The fraction of sp³-hybridized carbons (Fsp3) is 0.273. The number of rotatable bonds is 7. The normalized spacial score (nSPS) is 17.2. The lowest BCUT2D eigenvalue weighted by Gasteiger charge is -2.32. The summed E-state index contributed by atoms with van der Waals surface area (Å²) in [7, 11) is -0.694. The number of benzene rings is 3. The molecular formula is C33H33BN2O6. The number of amides is 1. The van der Waals surface area contributed by atoms with Gasteiger partial charge in [-0.3, -0.25) is 0 Å². The molecule has 1 saturated heterocycles. The summed E-state index contributed by atoms with van der Waals surface area (Å²) in [4.78, 5) is 27.3. The van der Waals surface area contributed by atoms with Crippen molar-refractivity contribution in [1.82, 2.24) is 10.3 Å². The first-order valence-electron chi connectivity index (χ1n) is 14.0. The van der Waals surface area contributed by atoms with E-state index in [4.69, 9.17) is 14.0 Å². The van der Waals surface area contributed by atoms with Crippen molar-refractivity contribution in [3.63, 3.8) is 0 Å². The summed E-state index contributed by atoms with van der Waals surface area (Å²) in [6.45, 7) is 8.25. The molecule has 0 radical (unpaired) electrons. The molecule has 0 atom stereocenters. The lowest BCUT2D eigenvalue weighted by Crippen LogP contribution is -2.41. The van der Waals surface area contributed by atoms with Gasteiger partial charge in [-0.1, -0.05) is 60.7 Å². The Morgan fingerprint density at radius 3 is 2.19 bits per heavy atom. The van der Waals surface area contributed by atoms with Crippen LogP contribution in [0.25, 0.3) is 28.1 Å². The quantitative estimate of drug-likeness (QED) is 0.224. The second-order valence-corrected chi connectivity index (χ2v) is 11.8. The lowest BCUT2D eigenvalue weighted by molar-refractivity contribution is 0.00578. The van der Waals surface area contributed by atoms with Crippen molar-refractivity contribution in [2.24, 2.45) is 0 Å². The van der Waals surface area contributed by atoms with Crippen LogP contribution in [0.2, 0.25) is 0 Å². The predicted molar refractivity (Wildman–Crippen MR) is 162 cm³/mol. The SMILES string of the molecule is CC1(C)OB(C(=Cc2ccc3[nH]c(C(=O)O)cc3c2)CNC(=O)OCC2c3ccccc3-c3ccccc32)OC1(C)C. The number of carboxylic acid groups (broad SMARTS) is 1. The van der Waals surface area contributed by atoms with E-state index < -0.39 is 30.4 Å². The number of aromatic amines is 1. The summed E-state index contributed by atoms with van der Waals surface area (Å²) in [6, 6.07) is 23.6. The Hall–Kier alpha value is -4.34. The fourth-order valence-electron chi connectivity index (χ4n) is 5.59. The number of alkyl carbamates (subject to hydrolysis) is 1. The molecule has 4 aromatic rings. The number of carboxylic acids is 1. The Labute approximate surface area is 244 Å². The van der Waals surface area contributed by atoms with Gasteiger partial charge in [-0.15, -0.1) is 0 Å². The summed E-state index contributed by atoms with van der Waals surface area (Å²) < 4.78 is 18.4. The van der Waals surface area contributed by atoms with Gasteiger partial charge in [0.05, 0.1) is 11.2 Å². The number of hydrogen-bond donors (Lipinski definition) is 3. The molecular weight excluding hydrogens is 531 g/mol. The van der Waals surface area contributed by atoms with Gasteiger partial charge in [0, 0.05) is 23.4 Å². The number of hydrogen-bond acceptors (Lipinski definition) is 5. The highest BCUT2D eigenvalue weighted by Crippen LogP contribution is 2.44. The molecule has 1 aromatic heterocycles. The largest absolute Gasteiger partial charge is 0.492 e. The molecule has 2 aliphatic rings. The maximum absolute atomic E-state index is 13.0. The number of carbonyl (C=O) groups is 2. The van der Waals surface area contributed by atoms with Crippen molar-refractivity contribution in [3.05, 3.63) is 101 Å². The number of fused-ring (bicyclic) bond motifs is 4. The number of aromatic carboxylic acids is 1. The van der Waals surface area contributed by atoms with E-state index in [-0.39, 0.29) is 24.8 Å². The van der Waals surface area contributed by atoms with Crippen LogP contribution in [0.15, 0.2) is 78.3 Å². The molecule has 8 nitrogen and oxygen atoms in total. The highest BCUT2D eigenvalue weighted by atomic mass is 16.7. The predicted octanol–water partition coefficient (Wildman–Crippen LogP) is 6.42. The van der Waals surface area contributed by atoms with Gasteiger partial charge in [-0.25, -0.2) is 9.59 Å². The van der Waals surface area contributed by atoms with Gasteiger partial charge in [-0.2, -0.15) is 0 Å². The molecule has 214 valence electrons. The molecule has 3 N–H and O–H groups in total. The minimum Gasteiger partial charge on any atom is -0.477 e. The van der Waals surface area contributed by atoms with Crippen molar-refractivity contribution in [3.8, 4) is 11.1 Å². The molecule has 1 amide bonds. The Morgan fingerprint density at radius 1 is 0.952 bits per heavy atom. The maximum Gasteiger partial charge on any atom is 0.492 e. The lowest BCUT2D eigenvalue weighted by atomic mass is 9.77. The average molecular weight is 564 g/mol. The number of aromatic nitrogens is 1.